The number of nitrogens with zero attached hydrogens (tertiary/aromatic N) is 1. The van der Waals surface area contributed by atoms with E-state index in [1.807, 2.05) is 12.1 Å². The van der Waals surface area contributed by atoms with Crippen LogP contribution >= 0.6 is 0 Å². The summed E-state index contributed by atoms with van der Waals surface area (Å²) in [5.41, 5.74) is 0.922. The van der Waals surface area contributed by atoms with E-state index in [1.165, 1.54) is 35.2 Å². The molecule has 0 radical (unpaired) electrons. The lowest BCUT2D eigenvalue weighted by Gasteiger charge is -2.42. The molecule has 5 nitrogen and oxygen atoms in total. The van der Waals surface area contributed by atoms with E-state index in [9.17, 15) is 22.8 Å². The number of fused-ring (bicyclic) bond motifs is 1. The van der Waals surface area contributed by atoms with Gasteiger partial charge in [-0.1, -0.05) is 56.2 Å². The summed E-state index contributed by atoms with van der Waals surface area (Å²) in [6.07, 6.45) is -0.271. The van der Waals surface area contributed by atoms with Crippen LogP contribution < -0.4 is 15.5 Å². The van der Waals surface area contributed by atoms with E-state index in [0.717, 1.165) is 43.5 Å². The molecule has 0 aromatic heterocycles. The molecule has 48 heavy (non-hydrogen) atoms. The zero-order valence-electron chi connectivity index (χ0n) is 26.6. The van der Waals surface area contributed by atoms with Gasteiger partial charge in [-0.2, -0.15) is 13.2 Å². The standard InChI is InChI=1S/C38H36F5N3O2/c1-3-23-14-19-27(20-30(23)38(41,42)43)45-36(47)29-21-28-31(39)11-7-13-33(28)46(37(48)34-22(2)8-6-12-32(34)40)35(29)24-15-17-26(18-16-24)44-25-9-4-5-10-25/h6-8,11-20,25,29,35,44H,3-5,9-10,21H2,1-2H3,(H,45,47)/t29-,35-/m0/s1. The molecule has 1 heterocycles. The maximum absolute atomic E-state index is 15.5. The van der Waals surface area contributed by atoms with Gasteiger partial charge in [0, 0.05) is 23.0 Å². The van der Waals surface area contributed by atoms with Crippen molar-refractivity contribution in [1.82, 2.24) is 0 Å². The van der Waals surface area contributed by atoms with E-state index in [4.69, 9.17) is 0 Å². The topological polar surface area (TPSA) is 61.4 Å². The van der Waals surface area contributed by atoms with Gasteiger partial charge in [0.2, 0.25) is 5.91 Å². The van der Waals surface area contributed by atoms with E-state index >= 15 is 8.78 Å². The normalized spacial score (nSPS) is 18.0. The number of nitrogens with one attached hydrogen (secondary N) is 2. The third-order valence-electron chi connectivity index (χ3n) is 9.47. The van der Waals surface area contributed by atoms with E-state index in [1.54, 1.807) is 38.1 Å². The maximum atomic E-state index is 15.5. The lowest BCUT2D eigenvalue weighted by molar-refractivity contribution is -0.138. The number of hydrogen-bond acceptors (Lipinski definition) is 3. The van der Waals surface area contributed by atoms with Crippen LogP contribution in [-0.4, -0.2) is 17.9 Å². The van der Waals surface area contributed by atoms with Gasteiger partial charge in [-0.15, -0.1) is 0 Å². The molecule has 4 aromatic carbocycles. The Kier molecular flexibility index (Phi) is 9.27. The van der Waals surface area contributed by atoms with E-state index in [0.29, 0.717) is 17.2 Å². The summed E-state index contributed by atoms with van der Waals surface area (Å²) >= 11 is 0. The van der Waals surface area contributed by atoms with Gasteiger partial charge in [0.15, 0.2) is 0 Å². The van der Waals surface area contributed by atoms with Gasteiger partial charge in [-0.25, -0.2) is 8.78 Å². The summed E-state index contributed by atoms with van der Waals surface area (Å²) < 4.78 is 72.5. The molecule has 0 bridgehead atoms. The van der Waals surface area contributed by atoms with E-state index in [2.05, 4.69) is 10.6 Å². The number of benzene rings is 4. The fourth-order valence-electron chi connectivity index (χ4n) is 7.06. The Bertz CT molecular complexity index is 1810. The summed E-state index contributed by atoms with van der Waals surface area (Å²) in [6, 6.07) is 18.6. The van der Waals surface area contributed by atoms with Crippen LogP contribution in [0.15, 0.2) is 78.9 Å². The molecule has 0 spiro atoms. The molecule has 250 valence electrons. The Morgan fingerprint density at radius 2 is 1.54 bits per heavy atom. The van der Waals surface area contributed by atoms with Crippen LogP contribution in [0.25, 0.3) is 0 Å². The highest BCUT2D eigenvalue weighted by atomic mass is 19.4. The van der Waals surface area contributed by atoms with Crippen molar-refractivity contribution in [3.8, 4) is 0 Å². The van der Waals surface area contributed by atoms with E-state index < -0.39 is 47.1 Å². The number of hydrogen-bond donors (Lipinski definition) is 2. The minimum atomic E-state index is -4.64. The fourth-order valence-corrected chi connectivity index (χ4v) is 7.06. The monoisotopic (exact) mass is 661 g/mol. The Morgan fingerprint density at radius 3 is 2.21 bits per heavy atom. The molecule has 6 rings (SSSR count). The molecule has 1 aliphatic heterocycles. The van der Waals surface area contributed by atoms with E-state index in [-0.39, 0.29) is 40.9 Å². The summed E-state index contributed by atoms with van der Waals surface area (Å²) in [7, 11) is 0. The van der Waals surface area contributed by atoms with Crippen molar-refractivity contribution in [2.24, 2.45) is 5.92 Å². The molecule has 2 aliphatic rings. The third kappa shape index (κ3) is 6.53. The number of carbonyl (C=O) groups excluding carboxylic acids is 2. The summed E-state index contributed by atoms with van der Waals surface area (Å²) in [5, 5.41) is 6.13. The molecule has 0 unspecified atom stereocenters. The van der Waals surface area contributed by atoms with Gasteiger partial charge >= 0.3 is 6.18 Å². The molecule has 4 aromatic rings. The number of carbonyl (C=O) groups is 2. The fraction of sp³-hybridized carbons (Fsp3) is 0.316. The lowest BCUT2D eigenvalue weighted by atomic mass is 9.80. The smallest absolute Gasteiger partial charge is 0.382 e. The van der Waals surface area contributed by atoms with Crippen molar-refractivity contribution < 1.29 is 31.5 Å². The zero-order chi connectivity index (χ0) is 34.2. The van der Waals surface area contributed by atoms with Crippen molar-refractivity contribution in [2.75, 3.05) is 15.5 Å². The molecular weight excluding hydrogens is 625 g/mol. The molecule has 1 aliphatic carbocycles. The SMILES string of the molecule is CCc1ccc(NC(=O)[C@H]2Cc3c(F)cccc3N(C(=O)c3c(C)cccc3F)[C@H]2c2ccc(NC3CCCC3)cc2)cc1C(F)(F)F. The summed E-state index contributed by atoms with van der Waals surface area (Å²) in [4.78, 5) is 29.9. The lowest BCUT2D eigenvalue weighted by Crippen LogP contribution is -2.47. The average molecular weight is 662 g/mol. The molecule has 10 heteroatoms. The predicted molar refractivity (Wildman–Crippen MR) is 176 cm³/mol. The second kappa shape index (κ2) is 13.4. The van der Waals surface area contributed by atoms with Crippen LogP contribution in [0, 0.1) is 24.5 Å². The number of amides is 2. The minimum absolute atomic E-state index is 0.0769. The highest BCUT2D eigenvalue weighted by Crippen LogP contribution is 2.45. The molecule has 2 N–H and O–H groups in total. The minimum Gasteiger partial charge on any atom is -0.382 e. The molecular formula is C38H36F5N3O2. The molecule has 1 fully saturated rings. The van der Waals surface area contributed by atoms with Crippen LogP contribution in [0.5, 0.6) is 0 Å². The average Bonchev–Trinajstić information content (AvgIpc) is 3.57. The number of aryl methyl sites for hydroxylation is 2. The van der Waals surface area contributed by atoms with Crippen LogP contribution in [0.3, 0.4) is 0 Å². The second-order valence-corrected chi connectivity index (χ2v) is 12.6. The van der Waals surface area contributed by atoms with Crippen molar-refractivity contribution in [1.29, 1.82) is 0 Å². The Hall–Kier alpha value is -4.73. The van der Waals surface area contributed by atoms with Crippen molar-refractivity contribution >= 4 is 28.9 Å². The first-order valence-electron chi connectivity index (χ1n) is 16.2. The van der Waals surface area contributed by atoms with Gasteiger partial charge in [0.1, 0.15) is 11.6 Å². The van der Waals surface area contributed by atoms with Gasteiger partial charge in [-0.05, 0) is 91.8 Å². The highest BCUT2D eigenvalue weighted by molar-refractivity contribution is 6.09. The Morgan fingerprint density at radius 1 is 0.875 bits per heavy atom. The summed E-state index contributed by atoms with van der Waals surface area (Å²) in [6.45, 7) is 3.20. The van der Waals surface area contributed by atoms with Crippen molar-refractivity contribution in [2.45, 2.75) is 70.6 Å². The number of anilines is 3. The van der Waals surface area contributed by atoms with Crippen LogP contribution in [0.2, 0.25) is 0 Å². The van der Waals surface area contributed by atoms with Crippen LogP contribution in [-0.2, 0) is 23.8 Å². The largest absolute Gasteiger partial charge is 0.416 e. The van der Waals surface area contributed by atoms with Gasteiger partial charge in [0.05, 0.1) is 28.8 Å². The number of halogens is 5. The van der Waals surface area contributed by atoms with Gasteiger partial charge in [0.25, 0.3) is 5.91 Å². The molecule has 0 saturated heterocycles. The maximum Gasteiger partial charge on any atom is 0.416 e. The van der Waals surface area contributed by atoms with Crippen LogP contribution in [0.1, 0.15) is 76.8 Å². The number of alkyl halides is 3. The third-order valence-corrected chi connectivity index (χ3v) is 9.47. The number of rotatable bonds is 7. The summed E-state index contributed by atoms with van der Waals surface area (Å²) in [5.74, 6) is -4.05. The first-order chi connectivity index (χ1) is 23.0. The van der Waals surface area contributed by atoms with Gasteiger partial charge in [-0.3, -0.25) is 14.5 Å². The zero-order valence-corrected chi connectivity index (χ0v) is 26.6. The van der Waals surface area contributed by atoms with Gasteiger partial charge < -0.3 is 10.6 Å². The first-order valence-corrected chi connectivity index (χ1v) is 16.2. The quantitative estimate of drug-likeness (QED) is 0.194. The molecule has 1 saturated carbocycles. The Labute approximate surface area is 276 Å². The first kappa shape index (κ1) is 33.2. The molecule has 2 atom stereocenters. The van der Waals surface area contributed by atoms with Crippen LogP contribution in [0.4, 0.5) is 39.0 Å². The van der Waals surface area contributed by atoms with Crippen molar-refractivity contribution in [3.05, 3.63) is 124 Å². The highest BCUT2D eigenvalue weighted by Gasteiger charge is 2.44. The predicted octanol–water partition coefficient (Wildman–Crippen LogP) is 9.41. The second-order valence-electron chi connectivity index (χ2n) is 12.6. The van der Waals surface area contributed by atoms with Crippen molar-refractivity contribution in [3.63, 3.8) is 0 Å². The Balaban J connectivity index is 1.46. The molecule has 2 amide bonds.